The number of hydrogen-bond donors (Lipinski definition) is 2. The van der Waals surface area contributed by atoms with Crippen LogP contribution in [0.4, 0.5) is 0 Å². The molecule has 0 aromatic heterocycles. The highest BCUT2D eigenvalue weighted by atomic mass is 16.4. The van der Waals surface area contributed by atoms with Gasteiger partial charge in [-0.15, -0.1) is 0 Å². The highest BCUT2D eigenvalue weighted by Crippen LogP contribution is 2.54. The van der Waals surface area contributed by atoms with Gasteiger partial charge in [0.15, 0.2) is 0 Å². The second kappa shape index (κ2) is 2.47. The van der Waals surface area contributed by atoms with Gasteiger partial charge in [-0.3, -0.25) is 10.1 Å². The molecule has 0 amide bonds. The van der Waals surface area contributed by atoms with Crippen molar-refractivity contribution in [2.75, 3.05) is 0 Å². The maximum atomic E-state index is 11.2. The SMILES string of the molecule is CC1(C(C)(NC2CC2)C(=O)O)CC1. The molecule has 2 aliphatic rings. The Bertz CT molecular complexity index is 243. The van der Waals surface area contributed by atoms with E-state index in [4.69, 9.17) is 0 Å². The lowest BCUT2D eigenvalue weighted by atomic mass is 9.83. The van der Waals surface area contributed by atoms with Gasteiger partial charge in [0.05, 0.1) is 0 Å². The second-order valence-corrected chi connectivity index (χ2v) is 4.91. The number of aliphatic carboxylic acids is 1. The summed E-state index contributed by atoms with van der Waals surface area (Å²) in [6, 6.07) is 0.457. The lowest BCUT2D eigenvalue weighted by Crippen LogP contribution is -2.56. The van der Waals surface area contributed by atoms with Gasteiger partial charge in [0, 0.05) is 6.04 Å². The molecule has 2 fully saturated rings. The summed E-state index contributed by atoms with van der Waals surface area (Å²) in [5, 5.41) is 12.5. The van der Waals surface area contributed by atoms with E-state index in [0.717, 1.165) is 25.7 Å². The molecular formula is C10H17NO2. The summed E-state index contributed by atoms with van der Waals surface area (Å²) in [4.78, 5) is 11.2. The molecule has 74 valence electrons. The Kier molecular flexibility index (Phi) is 1.71. The first kappa shape index (κ1) is 9.00. The normalized spacial score (nSPS) is 29.4. The molecule has 0 aliphatic heterocycles. The minimum Gasteiger partial charge on any atom is -0.480 e. The van der Waals surface area contributed by atoms with Gasteiger partial charge >= 0.3 is 5.97 Å². The fraction of sp³-hybridized carbons (Fsp3) is 0.900. The van der Waals surface area contributed by atoms with E-state index in [9.17, 15) is 9.90 Å². The fourth-order valence-electron chi connectivity index (χ4n) is 1.82. The first-order chi connectivity index (χ1) is 5.98. The Morgan fingerprint density at radius 2 is 2.08 bits per heavy atom. The first-order valence-corrected chi connectivity index (χ1v) is 4.99. The molecule has 2 N–H and O–H groups in total. The Morgan fingerprint density at radius 3 is 2.38 bits per heavy atom. The zero-order valence-electron chi connectivity index (χ0n) is 8.26. The summed E-state index contributed by atoms with van der Waals surface area (Å²) < 4.78 is 0. The average molecular weight is 183 g/mol. The summed E-state index contributed by atoms with van der Waals surface area (Å²) in [6.07, 6.45) is 4.35. The number of nitrogens with one attached hydrogen (secondary N) is 1. The molecule has 0 bridgehead atoms. The van der Waals surface area contributed by atoms with Crippen molar-refractivity contribution < 1.29 is 9.90 Å². The van der Waals surface area contributed by atoms with Crippen molar-refractivity contribution in [1.82, 2.24) is 5.32 Å². The quantitative estimate of drug-likeness (QED) is 0.692. The number of carboxylic acids is 1. The van der Waals surface area contributed by atoms with Gasteiger partial charge < -0.3 is 5.11 Å². The number of rotatable bonds is 4. The van der Waals surface area contributed by atoms with Gasteiger partial charge in [0.25, 0.3) is 0 Å². The number of carboxylic acid groups (broad SMARTS) is 1. The predicted molar refractivity (Wildman–Crippen MR) is 49.5 cm³/mol. The van der Waals surface area contributed by atoms with Crippen molar-refractivity contribution in [2.45, 2.75) is 51.1 Å². The zero-order valence-corrected chi connectivity index (χ0v) is 8.26. The van der Waals surface area contributed by atoms with E-state index in [-0.39, 0.29) is 5.41 Å². The van der Waals surface area contributed by atoms with Gasteiger partial charge in [-0.1, -0.05) is 6.92 Å². The van der Waals surface area contributed by atoms with Gasteiger partial charge in [-0.25, -0.2) is 0 Å². The summed E-state index contributed by atoms with van der Waals surface area (Å²) in [5.41, 5.74) is -0.713. The van der Waals surface area contributed by atoms with Crippen LogP contribution >= 0.6 is 0 Å². The van der Waals surface area contributed by atoms with Gasteiger partial charge in [0.2, 0.25) is 0 Å². The zero-order chi connectivity index (χ0) is 9.69. The van der Waals surface area contributed by atoms with Crippen LogP contribution in [-0.2, 0) is 4.79 Å². The number of carbonyl (C=O) groups is 1. The molecule has 0 radical (unpaired) electrons. The van der Waals surface area contributed by atoms with Crippen molar-refractivity contribution >= 4 is 5.97 Å². The third kappa shape index (κ3) is 1.35. The smallest absolute Gasteiger partial charge is 0.324 e. The molecule has 1 atom stereocenters. The summed E-state index contributed by atoms with van der Waals surface area (Å²) in [7, 11) is 0. The predicted octanol–water partition coefficient (Wildman–Crippen LogP) is 1.38. The maximum absolute atomic E-state index is 11.2. The van der Waals surface area contributed by atoms with Crippen LogP contribution in [0.5, 0.6) is 0 Å². The molecule has 13 heavy (non-hydrogen) atoms. The topological polar surface area (TPSA) is 49.3 Å². The van der Waals surface area contributed by atoms with Crippen molar-refractivity contribution in [3.63, 3.8) is 0 Å². The van der Waals surface area contributed by atoms with Crippen molar-refractivity contribution in [2.24, 2.45) is 5.41 Å². The van der Waals surface area contributed by atoms with E-state index < -0.39 is 11.5 Å². The standard InChI is InChI=1S/C10H17NO2/c1-9(5-6-9)10(2,8(12)13)11-7-3-4-7/h7,11H,3-6H2,1-2H3,(H,12,13). The van der Waals surface area contributed by atoms with Crippen LogP contribution in [0.3, 0.4) is 0 Å². The Labute approximate surface area is 78.5 Å². The van der Waals surface area contributed by atoms with Gasteiger partial charge in [-0.2, -0.15) is 0 Å². The molecular weight excluding hydrogens is 166 g/mol. The van der Waals surface area contributed by atoms with E-state index >= 15 is 0 Å². The Morgan fingerprint density at radius 1 is 1.54 bits per heavy atom. The third-order valence-corrected chi connectivity index (χ3v) is 3.70. The molecule has 2 saturated carbocycles. The first-order valence-electron chi connectivity index (χ1n) is 4.99. The summed E-state index contributed by atoms with van der Waals surface area (Å²) in [5.74, 6) is -0.695. The van der Waals surface area contributed by atoms with E-state index in [1.54, 1.807) is 0 Å². The van der Waals surface area contributed by atoms with Crippen LogP contribution in [0.1, 0.15) is 39.5 Å². The summed E-state index contributed by atoms with van der Waals surface area (Å²) in [6.45, 7) is 3.90. The molecule has 0 heterocycles. The van der Waals surface area contributed by atoms with Crippen LogP contribution in [0.15, 0.2) is 0 Å². The maximum Gasteiger partial charge on any atom is 0.324 e. The molecule has 0 aromatic rings. The van der Waals surface area contributed by atoms with Gasteiger partial charge in [0.1, 0.15) is 5.54 Å². The van der Waals surface area contributed by atoms with Crippen molar-refractivity contribution in [3.8, 4) is 0 Å². The highest BCUT2D eigenvalue weighted by molar-refractivity contribution is 5.80. The molecule has 2 aliphatic carbocycles. The molecule has 0 aromatic carbocycles. The summed E-state index contributed by atoms with van der Waals surface area (Å²) >= 11 is 0. The van der Waals surface area contributed by atoms with Gasteiger partial charge in [-0.05, 0) is 38.0 Å². The Hall–Kier alpha value is -0.570. The molecule has 0 saturated heterocycles. The number of hydrogen-bond acceptors (Lipinski definition) is 2. The third-order valence-electron chi connectivity index (χ3n) is 3.70. The minimum absolute atomic E-state index is 0.0125. The molecule has 3 heteroatoms. The van der Waals surface area contributed by atoms with E-state index in [1.165, 1.54) is 0 Å². The van der Waals surface area contributed by atoms with Crippen LogP contribution in [0.25, 0.3) is 0 Å². The monoisotopic (exact) mass is 183 g/mol. The van der Waals surface area contributed by atoms with E-state index in [0.29, 0.717) is 6.04 Å². The van der Waals surface area contributed by atoms with Crippen molar-refractivity contribution in [1.29, 1.82) is 0 Å². The van der Waals surface area contributed by atoms with Crippen LogP contribution in [0, 0.1) is 5.41 Å². The molecule has 3 nitrogen and oxygen atoms in total. The van der Waals surface area contributed by atoms with E-state index in [2.05, 4.69) is 12.2 Å². The van der Waals surface area contributed by atoms with Crippen LogP contribution in [0.2, 0.25) is 0 Å². The fourth-order valence-corrected chi connectivity index (χ4v) is 1.82. The lowest BCUT2D eigenvalue weighted by Gasteiger charge is -2.33. The second-order valence-electron chi connectivity index (χ2n) is 4.91. The minimum atomic E-state index is -0.700. The molecule has 2 rings (SSSR count). The lowest BCUT2D eigenvalue weighted by molar-refractivity contribution is -0.147. The largest absolute Gasteiger partial charge is 0.480 e. The van der Waals surface area contributed by atoms with E-state index in [1.807, 2.05) is 6.92 Å². The van der Waals surface area contributed by atoms with Crippen LogP contribution in [-0.4, -0.2) is 22.7 Å². The Balaban J connectivity index is 2.13. The van der Waals surface area contributed by atoms with Crippen molar-refractivity contribution in [3.05, 3.63) is 0 Å². The molecule has 1 unspecified atom stereocenters. The molecule has 0 spiro atoms. The average Bonchev–Trinajstić information content (AvgIpc) is 2.87. The van der Waals surface area contributed by atoms with Crippen LogP contribution < -0.4 is 5.32 Å². The highest BCUT2D eigenvalue weighted by Gasteiger charge is 2.58.